The lowest BCUT2D eigenvalue weighted by Gasteiger charge is -2.12. The molecule has 0 spiro atoms. The largest absolute Gasteiger partial charge is 0.488 e. The summed E-state index contributed by atoms with van der Waals surface area (Å²) in [5.41, 5.74) is 6.57. The third-order valence-corrected chi connectivity index (χ3v) is 3.49. The fraction of sp³-hybridized carbons (Fsp3) is 0.357. The van der Waals surface area contributed by atoms with Crippen LogP contribution >= 0.6 is 11.3 Å². The lowest BCUT2D eigenvalue weighted by molar-refractivity contribution is 0.305. The van der Waals surface area contributed by atoms with E-state index in [4.69, 9.17) is 10.5 Å². The minimum absolute atomic E-state index is 0.0326. The first-order chi connectivity index (χ1) is 9.04. The number of hydrogen-bond acceptors (Lipinski definition) is 4. The van der Waals surface area contributed by atoms with E-state index in [0.717, 1.165) is 15.4 Å². The van der Waals surface area contributed by atoms with Crippen molar-refractivity contribution in [2.45, 2.75) is 32.9 Å². The number of nitrogens with two attached hydrogens (primary N) is 1. The van der Waals surface area contributed by atoms with Gasteiger partial charge in [0.05, 0.1) is 9.88 Å². The van der Waals surface area contributed by atoms with Crippen LogP contribution in [-0.2, 0) is 13.0 Å². The minimum Gasteiger partial charge on any atom is -0.488 e. The van der Waals surface area contributed by atoms with E-state index in [9.17, 15) is 4.39 Å². The summed E-state index contributed by atoms with van der Waals surface area (Å²) in [6, 6.07) is 4.50. The number of halogens is 1. The molecule has 2 rings (SSSR count). The molecule has 2 N–H and O–H groups in total. The Morgan fingerprint density at radius 2 is 2.26 bits per heavy atom. The maximum atomic E-state index is 13.3. The lowest BCUT2D eigenvalue weighted by atomic mass is 10.1. The van der Waals surface area contributed by atoms with Gasteiger partial charge in [-0.15, -0.1) is 11.3 Å². The molecule has 1 heterocycles. The second-order valence-corrected chi connectivity index (χ2v) is 5.89. The van der Waals surface area contributed by atoms with Crippen LogP contribution in [0.25, 0.3) is 0 Å². The van der Waals surface area contributed by atoms with Crippen LogP contribution in [-0.4, -0.2) is 11.0 Å². The van der Waals surface area contributed by atoms with Crippen molar-refractivity contribution < 1.29 is 9.13 Å². The van der Waals surface area contributed by atoms with Crippen LogP contribution < -0.4 is 10.5 Å². The van der Waals surface area contributed by atoms with Gasteiger partial charge in [-0.05, 0) is 44.0 Å². The van der Waals surface area contributed by atoms with Gasteiger partial charge in [0, 0.05) is 12.2 Å². The monoisotopic (exact) mass is 280 g/mol. The zero-order valence-corrected chi connectivity index (χ0v) is 11.8. The molecule has 0 aliphatic heterocycles. The van der Waals surface area contributed by atoms with Crippen molar-refractivity contribution in [1.29, 1.82) is 0 Å². The minimum atomic E-state index is -0.267. The van der Waals surface area contributed by atoms with Gasteiger partial charge in [0.1, 0.15) is 18.2 Å². The Morgan fingerprint density at radius 1 is 1.47 bits per heavy atom. The van der Waals surface area contributed by atoms with E-state index in [0.29, 0.717) is 18.8 Å². The van der Waals surface area contributed by atoms with Gasteiger partial charge in [-0.25, -0.2) is 9.37 Å². The number of nitrogens with zero attached hydrogens (tertiary/aromatic N) is 1. The molecular weight excluding hydrogens is 263 g/mol. The molecule has 0 bridgehead atoms. The van der Waals surface area contributed by atoms with Crippen LogP contribution in [0.1, 0.15) is 22.4 Å². The number of aryl methyl sites for hydroxylation is 1. The van der Waals surface area contributed by atoms with Crippen molar-refractivity contribution in [3.05, 3.63) is 45.7 Å². The summed E-state index contributed by atoms with van der Waals surface area (Å²) in [6.07, 6.45) is 2.39. The summed E-state index contributed by atoms with van der Waals surface area (Å²) in [5.74, 6) is 0.418. The molecule has 5 heteroatoms. The Hall–Kier alpha value is -1.46. The van der Waals surface area contributed by atoms with Crippen LogP contribution in [0.15, 0.2) is 24.4 Å². The molecule has 0 aliphatic carbocycles. The fourth-order valence-electron chi connectivity index (χ4n) is 1.82. The molecule has 1 aromatic heterocycles. The van der Waals surface area contributed by atoms with Gasteiger partial charge in [0.25, 0.3) is 0 Å². The van der Waals surface area contributed by atoms with Crippen LogP contribution in [0.5, 0.6) is 5.75 Å². The second kappa shape index (κ2) is 6.12. The SMILES string of the molecule is Cc1ncc(COc2ccc(F)cc2CC(C)N)s1. The Kier molecular flexibility index (Phi) is 4.50. The van der Waals surface area contributed by atoms with Gasteiger partial charge >= 0.3 is 0 Å². The van der Waals surface area contributed by atoms with Gasteiger partial charge in [-0.1, -0.05) is 0 Å². The molecule has 1 aromatic carbocycles. The quantitative estimate of drug-likeness (QED) is 0.915. The highest BCUT2D eigenvalue weighted by Crippen LogP contribution is 2.23. The first kappa shape index (κ1) is 14.0. The van der Waals surface area contributed by atoms with E-state index < -0.39 is 0 Å². The third kappa shape index (κ3) is 4.01. The zero-order valence-electron chi connectivity index (χ0n) is 11.0. The van der Waals surface area contributed by atoms with E-state index in [1.54, 1.807) is 23.6 Å². The predicted octanol–water partition coefficient (Wildman–Crippen LogP) is 3.06. The number of aromatic nitrogens is 1. The maximum Gasteiger partial charge on any atom is 0.124 e. The highest BCUT2D eigenvalue weighted by molar-refractivity contribution is 7.11. The molecular formula is C14H17FN2OS. The smallest absolute Gasteiger partial charge is 0.124 e. The van der Waals surface area contributed by atoms with Crippen LogP contribution in [0, 0.1) is 12.7 Å². The average molecular weight is 280 g/mol. The number of thiazole rings is 1. The molecule has 19 heavy (non-hydrogen) atoms. The fourth-order valence-corrected chi connectivity index (χ4v) is 2.52. The first-order valence-electron chi connectivity index (χ1n) is 6.12. The van der Waals surface area contributed by atoms with Crippen molar-refractivity contribution in [3.8, 4) is 5.75 Å². The zero-order chi connectivity index (χ0) is 13.8. The highest BCUT2D eigenvalue weighted by atomic mass is 32.1. The third-order valence-electron chi connectivity index (χ3n) is 2.60. The summed E-state index contributed by atoms with van der Waals surface area (Å²) in [5, 5.41) is 1.01. The van der Waals surface area contributed by atoms with E-state index in [1.165, 1.54) is 12.1 Å². The normalized spacial score (nSPS) is 12.4. The first-order valence-corrected chi connectivity index (χ1v) is 6.94. The molecule has 2 aromatic rings. The molecule has 3 nitrogen and oxygen atoms in total. The number of hydrogen-bond donors (Lipinski definition) is 1. The molecule has 0 aliphatic rings. The number of rotatable bonds is 5. The van der Waals surface area contributed by atoms with Crippen LogP contribution in [0.4, 0.5) is 4.39 Å². The van der Waals surface area contributed by atoms with Gasteiger partial charge in [0.15, 0.2) is 0 Å². The van der Waals surface area contributed by atoms with Crippen LogP contribution in [0.2, 0.25) is 0 Å². The van der Waals surface area contributed by atoms with Crippen molar-refractivity contribution in [3.63, 3.8) is 0 Å². The second-order valence-electron chi connectivity index (χ2n) is 4.57. The van der Waals surface area contributed by atoms with Gasteiger partial charge < -0.3 is 10.5 Å². The Labute approximate surface area is 116 Å². The summed E-state index contributed by atoms with van der Waals surface area (Å²) >= 11 is 1.60. The highest BCUT2D eigenvalue weighted by Gasteiger charge is 2.09. The number of benzene rings is 1. The van der Waals surface area contributed by atoms with Crippen molar-refractivity contribution >= 4 is 11.3 Å². The van der Waals surface area contributed by atoms with Gasteiger partial charge in [0.2, 0.25) is 0 Å². The number of ether oxygens (including phenoxy) is 1. The summed E-state index contributed by atoms with van der Waals surface area (Å²) in [7, 11) is 0. The Morgan fingerprint density at radius 3 is 2.89 bits per heavy atom. The molecule has 102 valence electrons. The van der Waals surface area contributed by atoms with E-state index in [1.807, 2.05) is 13.8 Å². The summed E-state index contributed by atoms with van der Waals surface area (Å²) in [4.78, 5) is 5.22. The molecule has 1 unspecified atom stereocenters. The standard InChI is InChI=1S/C14H17FN2OS/c1-9(16)5-11-6-12(15)3-4-14(11)18-8-13-7-17-10(2)19-13/h3-4,6-7,9H,5,8,16H2,1-2H3. The predicted molar refractivity (Wildman–Crippen MR) is 74.9 cm³/mol. The summed E-state index contributed by atoms with van der Waals surface area (Å²) in [6.45, 7) is 4.29. The molecule has 0 radical (unpaired) electrons. The Balaban J connectivity index is 2.10. The summed E-state index contributed by atoms with van der Waals surface area (Å²) < 4.78 is 19.0. The van der Waals surface area contributed by atoms with E-state index >= 15 is 0 Å². The molecule has 0 saturated heterocycles. The van der Waals surface area contributed by atoms with E-state index in [2.05, 4.69) is 4.98 Å². The molecule has 0 saturated carbocycles. The van der Waals surface area contributed by atoms with Crippen molar-refractivity contribution in [1.82, 2.24) is 4.98 Å². The van der Waals surface area contributed by atoms with E-state index in [-0.39, 0.29) is 11.9 Å². The van der Waals surface area contributed by atoms with Crippen molar-refractivity contribution in [2.75, 3.05) is 0 Å². The Bertz CT molecular complexity index is 554. The molecule has 0 fully saturated rings. The molecule has 1 atom stereocenters. The maximum absolute atomic E-state index is 13.3. The van der Waals surface area contributed by atoms with Crippen LogP contribution in [0.3, 0.4) is 0 Å². The average Bonchev–Trinajstić information content (AvgIpc) is 2.73. The van der Waals surface area contributed by atoms with Crippen molar-refractivity contribution in [2.24, 2.45) is 5.73 Å². The van der Waals surface area contributed by atoms with Gasteiger partial charge in [-0.3, -0.25) is 0 Å². The molecule has 0 amide bonds. The van der Waals surface area contributed by atoms with Gasteiger partial charge in [-0.2, -0.15) is 0 Å². The lowest BCUT2D eigenvalue weighted by Crippen LogP contribution is -2.18. The topological polar surface area (TPSA) is 48.1 Å².